The van der Waals surface area contributed by atoms with Gasteiger partial charge in [0.05, 0.1) is 37.0 Å². The minimum absolute atomic E-state index is 0.550. The molecule has 1 aliphatic heterocycles. The number of fused-ring (bicyclic) bond motifs is 6. The Morgan fingerprint density at radius 2 is 2.00 bits per heavy atom. The number of hydrogen-bond acceptors (Lipinski definition) is 3. The monoisotopic (exact) mass is 407 g/mol. The van der Waals surface area contributed by atoms with E-state index in [0.29, 0.717) is 5.92 Å². The molecule has 6 rings (SSSR count). The molecule has 1 aliphatic carbocycles. The molecule has 0 fully saturated rings. The lowest BCUT2D eigenvalue weighted by Crippen LogP contribution is -2.23. The fourth-order valence-corrected chi connectivity index (χ4v) is 5.12. The van der Waals surface area contributed by atoms with Gasteiger partial charge in [-0.2, -0.15) is 0 Å². The smallest absolute Gasteiger partial charge is 0.314 e. The van der Waals surface area contributed by atoms with Crippen LogP contribution in [0.3, 0.4) is 0 Å². The highest BCUT2D eigenvalue weighted by atomic mass is 16.5. The number of rotatable bonds is 3. The summed E-state index contributed by atoms with van der Waals surface area (Å²) in [5.41, 5.74) is 9.93. The van der Waals surface area contributed by atoms with E-state index in [-0.39, 0.29) is 0 Å². The number of hydrogen-bond donors (Lipinski definition) is 0. The van der Waals surface area contributed by atoms with Crippen LogP contribution in [0.25, 0.3) is 39.3 Å². The molecule has 2 aromatic carbocycles. The third kappa shape index (κ3) is 2.83. The molecule has 3 heterocycles. The second-order valence-electron chi connectivity index (χ2n) is 8.43. The highest BCUT2D eigenvalue weighted by Gasteiger charge is 2.40. The average molecular weight is 407 g/mol. The molecule has 2 aliphatic rings. The number of para-hydroxylation sites is 1. The van der Waals surface area contributed by atoms with Gasteiger partial charge in [-0.05, 0) is 54.3 Å². The molecule has 0 spiro atoms. The molecule has 31 heavy (non-hydrogen) atoms. The van der Waals surface area contributed by atoms with Crippen LogP contribution in [-0.2, 0) is 11.2 Å². The van der Waals surface area contributed by atoms with E-state index in [4.69, 9.17) is 18.8 Å². The van der Waals surface area contributed by atoms with E-state index < -0.39 is 0 Å². The van der Waals surface area contributed by atoms with E-state index in [9.17, 15) is 0 Å². The summed E-state index contributed by atoms with van der Waals surface area (Å²) >= 11 is 0. The Kier molecular flexibility index (Phi) is 4.09. The van der Waals surface area contributed by atoms with E-state index in [1.54, 1.807) is 13.4 Å². The Hall–Kier alpha value is -3.62. The van der Waals surface area contributed by atoms with Gasteiger partial charge >= 0.3 is 5.71 Å². The maximum atomic E-state index is 6.19. The summed E-state index contributed by atoms with van der Waals surface area (Å²) in [7, 11) is 1.67. The number of methoxy groups -OCH3 is 1. The van der Waals surface area contributed by atoms with Crippen molar-refractivity contribution in [1.82, 2.24) is 9.65 Å². The van der Waals surface area contributed by atoms with Crippen molar-refractivity contribution in [2.45, 2.75) is 26.2 Å². The van der Waals surface area contributed by atoms with Gasteiger partial charge in [0.1, 0.15) is 11.2 Å². The molecule has 1 unspecified atom stereocenters. The quantitative estimate of drug-likeness (QED) is 0.331. The van der Waals surface area contributed by atoms with Gasteiger partial charge in [-0.25, -0.2) is 0 Å². The maximum Gasteiger partial charge on any atom is 0.314 e. The number of ether oxygens (including phenoxy) is 1. The fraction of sp³-hybridized carbons (Fsp3) is 0.222. The van der Waals surface area contributed by atoms with E-state index in [2.05, 4.69) is 31.2 Å². The number of nitrogens with zero attached hydrogens (tertiary/aromatic N) is 2. The largest absolute Gasteiger partial charge is 0.504 e. The lowest BCUT2D eigenvalue weighted by Gasteiger charge is -2.20. The molecule has 4 heteroatoms. The Labute approximate surface area is 180 Å². The normalized spacial score (nSPS) is 17.7. The van der Waals surface area contributed by atoms with Gasteiger partial charge in [0.25, 0.3) is 5.71 Å². The van der Waals surface area contributed by atoms with Gasteiger partial charge in [-0.15, -0.1) is 0 Å². The van der Waals surface area contributed by atoms with Crippen molar-refractivity contribution in [2.75, 3.05) is 7.11 Å². The van der Waals surface area contributed by atoms with Gasteiger partial charge in [-0.3, -0.25) is 4.98 Å². The van der Waals surface area contributed by atoms with Crippen molar-refractivity contribution in [3.05, 3.63) is 71.6 Å². The Morgan fingerprint density at radius 1 is 1.10 bits per heavy atom. The summed E-state index contributed by atoms with van der Waals surface area (Å²) in [5, 5.41) is 2.22. The third-order valence-electron chi connectivity index (χ3n) is 6.50. The number of benzene rings is 2. The Bertz CT molecular complexity index is 1450. The zero-order valence-electron chi connectivity index (χ0n) is 17.7. The molecule has 0 bridgehead atoms. The van der Waals surface area contributed by atoms with E-state index in [1.807, 2.05) is 30.5 Å². The molecule has 4 nitrogen and oxygen atoms in total. The fourth-order valence-electron chi connectivity index (χ4n) is 5.12. The van der Waals surface area contributed by atoms with Crippen LogP contribution in [0.15, 0.2) is 59.3 Å². The van der Waals surface area contributed by atoms with Crippen LogP contribution in [0.2, 0.25) is 0 Å². The summed E-state index contributed by atoms with van der Waals surface area (Å²) in [5.74, 6) is 0.550. The third-order valence-corrected chi connectivity index (χ3v) is 6.50. The topological polar surface area (TPSA) is 49.4 Å². The number of pyridine rings is 1. The molecule has 0 saturated carbocycles. The van der Waals surface area contributed by atoms with Crippen LogP contribution in [0, 0.1) is 5.92 Å². The van der Waals surface area contributed by atoms with Gasteiger partial charge < -0.3 is 9.15 Å². The summed E-state index contributed by atoms with van der Waals surface area (Å²) in [6, 6.07) is 14.6. The van der Waals surface area contributed by atoms with Crippen molar-refractivity contribution in [1.29, 1.82) is 0 Å². The molecule has 152 valence electrons. The minimum atomic E-state index is 0.550. The molecule has 0 amide bonds. The zero-order chi connectivity index (χ0) is 20.9. The first-order chi connectivity index (χ1) is 15.2. The predicted molar refractivity (Wildman–Crippen MR) is 126 cm³/mol. The highest BCUT2D eigenvalue weighted by Crippen LogP contribution is 2.39. The Morgan fingerprint density at radius 3 is 2.90 bits per heavy atom. The molecular weight excluding hydrogens is 384 g/mol. The minimum Gasteiger partial charge on any atom is -0.504 e. The molecule has 0 N–H and O–H groups in total. The molecule has 1 atom stereocenters. The van der Waals surface area contributed by atoms with E-state index in [1.165, 1.54) is 22.6 Å². The highest BCUT2D eigenvalue weighted by molar-refractivity contribution is 6.12. The van der Waals surface area contributed by atoms with E-state index >= 15 is 0 Å². The first kappa shape index (κ1) is 18.2. The average Bonchev–Trinajstić information content (AvgIpc) is 3.35. The SMILES string of the molecule is CO/C=C\c1cc2c(cc1-c1nccc3c1CCC1CC(C)=[N+]=C31)oc1ccccc12. The van der Waals surface area contributed by atoms with Crippen molar-refractivity contribution in [2.24, 2.45) is 5.92 Å². The van der Waals surface area contributed by atoms with Gasteiger partial charge in [0.15, 0.2) is 0 Å². The molecule has 2 aromatic heterocycles. The van der Waals surface area contributed by atoms with Crippen LogP contribution >= 0.6 is 0 Å². The van der Waals surface area contributed by atoms with Gasteiger partial charge in [0.2, 0.25) is 0 Å². The van der Waals surface area contributed by atoms with Gasteiger partial charge in [-0.1, -0.05) is 22.9 Å². The number of furan rings is 1. The molecular formula is C27H23N2O2+. The standard InChI is InChI=1S/C27H23N2O2/c1-16-13-18-7-8-20-21(26(18)29-16)9-11-28-27(20)22-15-25-23(14-17(22)10-12-30-2)19-5-3-4-6-24(19)31-25/h3-6,9-12,14-15,18H,7-8,13H2,1-2H3/q+1/b12-10-. The van der Waals surface area contributed by atoms with Gasteiger partial charge in [0, 0.05) is 29.5 Å². The lowest BCUT2D eigenvalue weighted by atomic mass is 9.79. The predicted octanol–water partition coefficient (Wildman–Crippen LogP) is 5.55. The summed E-state index contributed by atoms with van der Waals surface area (Å²) in [4.78, 5) is 4.85. The van der Waals surface area contributed by atoms with Crippen LogP contribution in [0.4, 0.5) is 0 Å². The second-order valence-corrected chi connectivity index (χ2v) is 8.43. The van der Waals surface area contributed by atoms with Crippen LogP contribution in [0.1, 0.15) is 36.5 Å². The molecule has 0 saturated heterocycles. The Balaban J connectivity index is 1.62. The van der Waals surface area contributed by atoms with E-state index in [0.717, 1.165) is 58.0 Å². The van der Waals surface area contributed by atoms with Crippen molar-refractivity contribution in [3.8, 4) is 11.3 Å². The number of aromatic nitrogens is 1. The first-order valence-electron chi connectivity index (χ1n) is 10.8. The summed E-state index contributed by atoms with van der Waals surface area (Å²) in [6.45, 7) is 2.14. The summed E-state index contributed by atoms with van der Waals surface area (Å²) < 4.78 is 16.3. The molecule has 4 aromatic rings. The van der Waals surface area contributed by atoms with Crippen molar-refractivity contribution < 1.29 is 9.15 Å². The van der Waals surface area contributed by atoms with Crippen LogP contribution in [-0.4, -0.2) is 23.5 Å². The molecule has 0 radical (unpaired) electrons. The maximum absolute atomic E-state index is 6.19. The second kappa shape index (κ2) is 6.97. The summed E-state index contributed by atoms with van der Waals surface area (Å²) in [6.07, 6.45) is 8.86. The lowest BCUT2D eigenvalue weighted by molar-refractivity contribution is 0.341. The van der Waals surface area contributed by atoms with Crippen molar-refractivity contribution in [3.63, 3.8) is 0 Å². The first-order valence-corrected chi connectivity index (χ1v) is 10.8. The van der Waals surface area contributed by atoms with Crippen molar-refractivity contribution >= 4 is 39.4 Å². The van der Waals surface area contributed by atoms with Crippen LogP contribution in [0.5, 0.6) is 0 Å². The van der Waals surface area contributed by atoms with Crippen LogP contribution < -0.4 is 4.67 Å². The zero-order valence-corrected chi connectivity index (χ0v) is 17.7.